The molecule has 2 aromatic heterocycles. The second-order valence-electron chi connectivity index (χ2n) is 4.69. The standard InChI is InChI=1S/C14H20N6/c1-4-8-16-13-17-12(18-14(19-13)20(2)3)10-11-7-5-6-9-15-11/h5-7,9H,4,8,10H2,1-3H3,(H,16,17,18,19). The number of rotatable bonds is 6. The summed E-state index contributed by atoms with van der Waals surface area (Å²) in [5, 5.41) is 3.21. The molecule has 2 aromatic rings. The van der Waals surface area contributed by atoms with E-state index in [4.69, 9.17) is 0 Å². The molecular formula is C14H20N6. The zero-order valence-electron chi connectivity index (χ0n) is 12.2. The van der Waals surface area contributed by atoms with Crippen molar-refractivity contribution in [2.45, 2.75) is 19.8 Å². The van der Waals surface area contributed by atoms with Gasteiger partial charge in [0.1, 0.15) is 5.82 Å². The average molecular weight is 272 g/mol. The molecule has 2 rings (SSSR count). The fourth-order valence-electron chi connectivity index (χ4n) is 1.67. The lowest BCUT2D eigenvalue weighted by Gasteiger charge is -2.13. The first-order valence-electron chi connectivity index (χ1n) is 6.75. The summed E-state index contributed by atoms with van der Waals surface area (Å²) in [4.78, 5) is 19.5. The lowest BCUT2D eigenvalue weighted by Crippen LogP contribution is -2.17. The number of nitrogens with zero attached hydrogens (tertiary/aromatic N) is 5. The Morgan fingerprint density at radius 3 is 2.65 bits per heavy atom. The molecule has 6 heteroatoms. The van der Waals surface area contributed by atoms with E-state index >= 15 is 0 Å². The number of hydrogen-bond donors (Lipinski definition) is 1. The van der Waals surface area contributed by atoms with Gasteiger partial charge in [0.25, 0.3) is 0 Å². The van der Waals surface area contributed by atoms with Crippen LogP contribution in [-0.4, -0.2) is 40.6 Å². The SMILES string of the molecule is CCCNc1nc(Cc2ccccn2)nc(N(C)C)n1. The minimum absolute atomic E-state index is 0.602. The van der Waals surface area contributed by atoms with Gasteiger partial charge in [0.2, 0.25) is 11.9 Å². The average Bonchev–Trinajstić information content (AvgIpc) is 2.46. The number of aromatic nitrogens is 4. The van der Waals surface area contributed by atoms with E-state index in [0.29, 0.717) is 18.3 Å². The van der Waals surface area contributed by atoms with Gasteiger partial charge in [0.05, 0.1) is 6.42 Å². The molecule has 0 aliphatic rings. The Labute approximate surface area is 119 Å². The zero-order chi connectivity index (χ0) is 14.4. The molecule has 0 spiro atoms. The molecule has 0 fully saturated rings. The molecule has 0 saturated carbocycles. The van der Waals surface area contributed by atoms with Crippen molar-refractivity contribution in [3.8, 4) is 0 Å². The topological polar surface area (TPSA) is 66.8 Å². The normalized spacial score (nSPS) is 10.3. The summed E-state index contributed by atoms with van der Waals surface area (Å²) in [6.45, 7) is 2.95. The van der Waals surface area contributed by atoms with E-state index in [1.165, 1.54) is 0 Å². The molecule has 0 radical (unpaired) electrons. The van der Waals surface area contributed by atoms with Gasteiger partial charge in [0.15, 0.2) is 0 Å². The number of anilines is 2. The summed E-state index contributed by atoms with van der Waals surface area (Å²) in [5.41, 5.74) is 0.949. The van der Waals surface area contributed by atoms with E-state index < -0.39 is 0 Å². The van der Waals surface area contributed by atoms with Crippen molar-refractivity contribution < 1.29 is 0 Å². The summed E-state index contributed by atoms with van der Waals surface area (Å²) < 4.78 is 0. The van der Waals surface area contributed by atoms with Crippen LogP contribution in [0.5, 0.6) is 0 Å². The third-order valence-corrected chi connectivity index (χ3v) is 2.67. The quantitative estimate of drug-likeness (QED) is 0.864. The number of nitrogens with one attached hydrogen (secondary N) is 1. The Bertz CT molecular complexity index is 541. The van der Waals surface area contributed by atoms with Crippen LogP contribution in [0.1, 0.15) is 24.9 Å². The van der Waals surface area contributed by atoms with Crippen LogP contribution in [0.4, 0.5) is 11.9 Å². The van der Waals surface area contributed by atoms with Crippen molar-refractivity contribution in [2.75, 3.05) is 30.9 Å². The molecule has 0 unspecified atom stereocenters. The smallest absolute Gasteiger partial charge is 0.229 e. The van der Waals surface area contributed by atoms with Crippen molar-refractivity contribution in [3.05, 3.63) is 35.9 Å². The minimum Gasteiger partial charge on any atom is -0.354 e. The molecular weight excluding hydrogens is 252 g/mol. The van der Waals surface area contributed by atoms with Crippen LogP contribution < -0.4 is 10.2 Å². The highest BCUT2D eigenvalue weighted by atomic mass is 15.3. The predicted molar refractivity (Wildman–Crippen MR) is 80.0 cm³/mol. The van der Waals surface area contributed by atoms with Crippen molar-refractivity contribution in [3.63, 3.8) is 0 Å². The highest BCUT2D eigenvalue weighted by Gasteiger charge is 2.09. The lowest BCUT2D eigenvalue weighted by molar-refractivity contribution is 0.858. The van der Waals surface area contributed by atoms with Gasteiger partial charge in [-0.25, -0.2) is 0 Å². The van der Waals surface area contributed by atoms with Crippen molar-refractivity contribution >= 4 is 11.9 Å². The van der Waals surface area contributed by atoms with E-state index in [9.17, 15) is 0 Å². The highest BCUT2D eigenvalue weighted by Crippen LogP contribution is 2.10. The first-order chi connectivity index (χ1) is 9.69. The second kappa shape index (κ2) is 6.79. The Morgan fingerprint density at radius 2 is 2.00 bits per heavy atom. The monoisotopic (exact) mass is 272 g/mol. The molecule has 2 heterocycles. The molecule has 0 amide bonds. The Morgan fingerprint density at radius 1 is 1.15 bits per heavy atom. The van der Waals surface area contributed by atoms with Crippen LogP contribution in [0.3, 0.4) is 0 Å². The van der Waals surface area contributed by atoms with Crippen LogP contribution in [0, 0.1) is 0 Å². The Hall–Kier alpha value is -2.24. The van der Waals surface area contributed by atoms with E-state index in [0.717, 1.165) is 24.5 Å². The first kappa shape index (κ1) is 14.2. The van der Waals surface area contributed by atoms with Gasteiger partial charge >= 0.3 is 0 Å². The maximum Gasteiger partial charge on any atom is 0.229 e. The molecule has 0 aliphatic heterocycles. The first-order valence-corrected chi connectivity index (χ1v) is 6.75. The minimum atomic E-state index is 0.602. The maximum atomic E-state index is 4.46. The van der Waals surface area contributed by atoms with Crippen LogP contribution in [0.15, 0.2) is 24.4 Å². The van der Waals surface area contributed by atoms with Gasteiger partial charge in [-0.2, -0.15) is 15.0 Å². The van der Waals surface area contributed by atoms with Crippen molar-refractivity contribution in [2.24, 2.45) is 0 Å². The van der Waals surface area contributed by atoms with Gasteiger partial charge < -0.3 is 10.2 Å². The highest BCUT2D eigenvalue weighted by molar-refractivity contribution is 5.36. The van der Waals surface area contributed by atoms with E-state index in [1.807, 2.05) is 37.2 Å². The fourth-order valence-corrected chi connectivity index (χ4v) is 1.67. The number of pyridine rings is 1. The Kier molecular flexibility index (Phi) is 4.81. The van der Waals surface area contributed by atoms with Gasteiger partial charge in [-0.1, -0.05) is 13.0 Å². The van der Waals surface area contributed by atoms with Crippen molar-refractivity contribution in [1.29, 1.82) is 0 Å². The van der Waals surface area contributed by atoms with E-state index in [2.05, 4.69) is 32.2 Å². The van der Waals surface area contributed by atoms with E-state index in [-0.39, 0.29) is 0 Å². The summed E-state index contributed by atoms with van der Waals surface area (Å²) in [7, 11) is 3.84. The summed E-state index contributed by atoms with van der Waals surface area (Å²) >= 11 is 0. The summed E-state index contributed by atoms with van der Waals surface area (Å²) in [5.74, 6) is 2.00. The second-order valence-corrected chi connectivity index (χ2v) is 4.69. The summed E-state index contributed by atoms with van der Waals surface area (Å²) in [6, 6.07) is 5.83. The molecule has 0 aliphatic carbocycles. The molecule has 106 valence electrons. The van der Waals surface area contributed by atoms with Crippen LogP contribution in [0.25, 0.3) is 0 Å². The largest absolute Gasteiger partial charge is 0.354 e. The Balaban J connectivity index is 2.24. The predicted octanol–water partition coefficient (Wildman–Crippen LogP) is 1.75. The third kappa shape index (κ3) is 3.88. The van der Waals surface area contributed by atoms with Gasteiger partial charge in [0, 0.05) is 32.5 Å². The van der Waals surface area contributed by atoms with Crippen LogP contribution in [0.2, 0.25) is 0 Å². The molecule has 20 heavy (non-hydrogen) atoms. The van der Waals surface area contributed by atoms with Gasteiger partial charge in [-0.05, 0) is 18.6 Å². The van der Waals surface area contributed by atoms with Crippen LogP contribution in [-0.2, 0) is 6.42 Å². The fraction of sp³-hybridized carbons (Fsp3) is 0.429. The van der Waals surface area contributed by atoms with Gasteiger partial charge in [-0.15, -0.1) is 0 Å². The third-order valence-electron chi connectivity index (χ3n) is 2.67. The maximum absolute atomic E-state index is 4.46. The van der Waals surface area contributed by atoms with Gasteiger partial charge in [-0.3, -0.25) is 4.98 Å². The van der Waals surface area contributed by atoms with Crippen LogP contribution >= 0.6 is 0 Å². The summed E-state index contributed by atoms with van der Waals surface area (Å²) in [6.07, 6.45) is 3.41. The molecule has 0 atom stereocenters. The molecule has 1 N–H and O–H groups in total. The number of hydrogen-bond acceptors (Lipinski definition) is 6. The molecule has 0 aromatic carbocycles. The van der Waals surface area contributed by atoms with E-state index in [1.54, 1.807) is 6.20 Å². The molecule has 0 bridgehead atoms. The molecule has 6 nitrogen and oxygen atoms in total. The zero-order valence-corrected chi connectivity index (χ0v) is 12.2. The lowest BCUT2D eigenvalue weighted by atomic mass is 10.2. The van der Waals surface area contributed by atoms with Crippen molar-refractivity contribution in [1.82, 2.24) is 19.9 Å². The molecule has 0 saturated heterocycles.